The van der Waals surface area contributed by atoms with Gasteiger partial charge in [0.2, 0.25) is 5.91 Å². The molecule has 0 fully saturated rings. The lowest BCUT2D eigenvalue weighted by atomic mass is 10.0. The summed E-state index contributed by atoms with van der Waals surface area (Å²) in [6.07, 6.45) is 0.971. The Kier molecular flexibility index (Phi) is 4.50. The molecule has 0 aliphatic carbocycles. The molecule has 126 valence electrons. The summed E-state index contributed by atoms with van der Waals surface area (Å²) in [5.41, 5.74) is 8.38. The Bertz CT molecular complexity index is 818. The number of benzene rings is 1. The first kappa shape index (κ1) is 16.4. The lowest BCUT2D eigenvalue weighted by molar-refractivity contribution is -0.384. The summed E-state index contributed by atoms with van der Waals surface area (Å²) in [5, 5.41) is 19.0. The van der Waals surface area contributed by atoms with E-state index in [1.165, 1.54) is 12.1 Å². The minimum Gasteiger partial charge on any atom is -0.370 e. The van der Waals surface area contributed by atoms with Crippen molar-refractivity contribution in [2.45, 2.75) is 25.9 Å². The molecule has 0 saturated heterocycles. The minimum atomic E-state index is -0.513. The van der Waals surface area contributed by atoms with Crippen LogP contribution in [0.4, 0.5) is 5.69 Å². The number of carbonyl (C=O) groups is 1. The van der Waals surface area contributed by atoms with Gasteiger partial charge < -0.3 is 11.1 Å². The van der Waals surface area contributed by atoms with Crippen molar-refractivity contribution < 1.29 is 9.72 Å². The van der Waals surface area contributed by atoms with Crippen LogP contribution in [0.15, 0.2) is 18.2 Å². The van der Waals surface area contributed by atoms with Gasteiger partial charge in [0.15, 0.2) is 0 Å². The number of hydrogen-bond acceptors (Lipinski definition) is 5. The molecule has 8 nitrogen and oxygen atoms in total. The summed E-state index contributed by atoms with van der Waals surface area (Å²) >= 11 is 5.88. The second kappa shape index (κ2) is 6.58. The van der Waals surface area contributed by atoms with E-state index in [1.807, 2.05) is 0 Å². The van der Waals surface area contributed by atoms with E-state index in [0.717, 1.165) is 24.2 Å². The number of nitro benzene ring substituents is 1. The van der Waals surface area contributed by atoms with E-state index in [0.29, 0.717) is 24.3 Å². The van der Waals surface area contributed by atoms with Crippen LogP contribution in [0.2, 0.25) is 5.02 Å². The number of nitro groups is 1. The van der Waals surface area contributed by atoms with Crippen molar-refractivity contribution >= 4 is 23.2 Å². The predicted molar refractivity (Wildman–Crippen MR) is 88.5 cm³/mol. The van der Waals surface area contributed by atoms with Crippen molar-refractivity contribution in [2.24, 2.45) is 5.73 Å². The molecular weight excluding hydrogens is 334 g/mol. The number of rotatable bonds is 5. The van der Waals surface area contributed by atoms with Crippen molar-refractivity contribution in [1.29, 1.82) is 0 Å². The molecule has 3 N–H and O–H groups in total. The molecule has 0 spiro atoms. The number of fused-ring (bicyclic) bond motifs is 1. The van der Waals surface area contributed by atoms with Crippen molar-refractivity contribution in [3.63, 3.8) is 0 Å². The van der Waals surface area contributed by atoms with E-state index in [9.17, 15) is 14.9 Å². The van der Waals surface area contributed by atoms with E-state index in [-0.39, 0.29) is 17.1 Å². The van der Waals surface area contributed by atoms with Gasteiger partial charge in [0, 0.05) is 55.4 Å². The van der Waals surface area contributed by atoms with Gasteiger partial charge in [0.05, 0.1) is 10.6 Å². The molecule has 3 rings (SSSR count). The fourth-order valence-corrected chi connectivity index (χ4v) is 3.04. The zero-order chi connectivity index (χ0) is 17.3. The number of carbonyl (C=O) groups excluding carboxylic acids is 1. The Morgan fingerprint density at radius 1 is 1.50 bits per heavy atom. The van der Waals surface area contributed by atoms with Crippen LogP contribution in [0.5, 0.6) is 0 Å². The third-order valence-corrected chi connectivity index (χ3v) is 4.31. The number of nitrogens with zero attached hydrogens (tertiary/aromatic N) is 3. The second-order valence-electron chi connectivity index (χ2n) is 5.56. The molecular formula is C15H16ClN5O3. The Hall–Kier alpha value is -2.45. The molecule has 0 radical (unpaired) electrons. The zero-order valence-corrected chi connectivity index (χ0v) is 13.5. The Balaban J connectivity index is 2.06. The van der Waals surface area contributed by atoms with Gasteiger partial charge in [-0.1, -0.05) is 17.7 Å². The van der Waals surface area contributed by atoms with Gasteiger partial charge in [0.1, 0.15) is 5.02 Å². The molecule has 2 aromatic rings. The van der Waals surface area contributed by atoms with Gasteiger partial charge >= 0.3 is 0 Å². The molecule has 0 saturated carbocycles. The number of aryl methyl sites for hydroxylation is 1. The van der Waals surface area contributed by atoms with Gasteiger partial charge in [-0.2, -0.15) is 5.10 Å². The van der Waals surface area contributed by atoms with Gasteiger partial charge in [-0.3, -0.25) is 19.6 Å². The highest BCUT2D eigenvalue weighted by Crippen LogP contribution is 2.33. The van der Waals surface area contributed by atoms with Crippen molar-refractivity contribution in [2.75, 3.05) is 6.54 Å². The minimum absolute atomic E-state index is 0.0869. The smallest absolute Gasteiger partial charge is 0.288 e. The molecule has 0 atom stereocenters. The van der Waals surface area contributed by atoms with Crippen LogP contribution in [-0.4, -0.2) is 27.2 Å². The van der Waals surface area contributed by atoms with E-state index < -0.39 is 10.8 Å². The average Bonchev–Trinajstić information content (AvgIpc) is 2.92. The molecule has 1 aliphatic rings. The van der Waals surface area contributed by atoms with E-state index in [1.54, 1.807) is 10.7 Å². The topological polar surface area (TPSA) is 116 Å². The number of nitrogens with two attached hydrogens (primary N) is 1. The summed E-state index contributed by atoms with van der Waals surface area (Å²) < 4.78 is 1.77. The molecule has 1 amide bonds. The monoisotopic (exact) mass is 349 g/mol. The molecule has 1 aliphatic heterocycles. The fraction of sp³-hybridized carbons (Fsp3) is 0.333. The first-order valence-corrected chi connectivity index (χ1v) is 7.87. The zero-order valence-electron chi connectivity index (χ0n) is 12.8. The van der Waals surface area contributed by atoms with Gasteiger partial charge in [0.25, 0.3) is 5.69 Å². The highest BCUT2D eigenvalue weighted by atomic mass is 35.5. The quantitative estimate of drug-likeness (QED) is 0.628. The maximum Gasteiger partial charge on any atom is 0.288 e. The first-order chi connectivity index (χ1) is 11.5. The average molecular weight is 350 g/mol. The number of primary amides is 1. The Morgan fingerprint density at radius 2 is 2.29 bits per heavy atom. The maximum atomic E-state index is 11.1. The SMILES string of the molecule is NC(=O)CCn1nc(-c2ccc(Cl)c([N+](=O)[O-])c2)c2c1CCNC2. The molecule has 0 bridgehead atoms. The molecule has 2 heterocycles. The number of nitrogens with one attached hydrogen (secondary N) is 1. The number of hydrogen-bond donors (Lipinski definition) is 2. The second-order valence-corrected chi connectivity index (χ2v) is 5.97. The summed E-state index contributed by atoms with van der Waals surface area (Å²) in [6, 6.07) is 4.64. The van der Waals surface area contributed by atoms with Crippen molar-refractivity contribution in [1.82, 2.24) is 15.1 Å². The van der Waals surface area contributed by atoms with Gasteiger partial charge in [-0.15, -0.1) is 0 Å². The molecule has 9 heteroatoms. The van der Waals surface area contributed by atoms with Crippen molar-refractivity contribution in [3.8, 4) is 11.3 Å². The van der Waals surface area contributed by atoms with E-state index in [4.69, 9.17) is 17.3 Å². The molecule has 24 heavy (non-hydrogen) atoms. The van der Waals surface area contributed by atoms with Crippen LogP contribution in [0.1, 0.15) is 17.7 Å². The molecule has 1 aromatic heterocycles. The number of amides is 1. The van der Waals surface area contributed by atoms with Gasteiger partial charge in [-0.25, -0.2) is 0 Å². The summed E-state index contributed by atoms with van der Waals surface area (Å²) in [4.78, 5) is 21.6. The standard InChI is InChI=1S/C15H16ClN5O3/c16-11-2-1-9(7-13(11)21(23)24)15-10-8-18-5-3-12(10)20(19-15)6-4-14(17)22/h1-2,7,18H,3-6,8H2,(H2,17,22). The van der Waals surface area contributed by atoms with Crippen LogP contribution in [0, 0.1) is 10.1 Å². The van der Waals surface area contributed by atoms with Crippen LogP contribution >= 0.6 is 11.6 Å². The normalized spacial score (nSPS) is 13.5. The first-order valence-electron chi connectivity index (χ1n) is 7.49. The third-order valence-electron chi connectivity index (χ3n) is 3.99. The lowest BCUT2D eigenvalue weighted by Gasteiger charge is -2.15. The maximum absolute atomic E-state index is 11.1. The molecule has 0 unspecified atom stereocenters. The largest absolute Gasteiger partial charge is 0.370 e. The van der Waals surface area contributed by atoms with Crippen LogP contribution in [-0.2, 0) is 24.3 Å². The fourth-order valence-electron chi connectivity index (χ4n) is 2.85. The van der Waals surface area contributed by atoms with Crippen LogP contribution in [0.3, 0.4) is 0 Å². The molecule has 1 aromatic carbocycles. The third kappa shape index (κ3) is 3.10. The van der Waals surface area contributed by atoms with E-state index >= 15 is 0 Å². The van der Waals surface area contributed by atoms with E-state index in [2.05, 4.69) is 10.4 Å². The Labute approximate surface area is 142 Å². The Morgan fingerprint density at radius 3 is 3.00 bits per heavy atom. The summed E-state index contributed by atoms with van der Waals surface area (Å²) in [5.74, 6) is -0.392. The summed E-state index contributed by atoms with van der Waals surface area (Å²) in [7, 11) is 0. The lowest BCUT2D eigenvalue weighted by Crippen LogP contribution is -2.25. The highest BCUT2D eigenvalue weighted by molar-refractivity contribution is 6.32. The number of halogens is 1. The predicted octanol–water partition coefficient (Wildman–Crippen LogP) is 1.63. The van der Waals surface area contributed by atoms with Crippen LogP contribution in [0.25, 0.3) is 11.3 Å². The van der Waals surface area contributed by atoms with Crippen LogP contribution < -0.4 is 11.1 Å². The highest BCUT2D eigenvalue weighted by Gasteiger charge is 2.23. The van der Waals surface area contributed by atoms with Gasteiger partial charge in [-0.05, 0) is 6.07 Å². The number of aromatic nitrogens is 2. The van der Waals surface area contributed by atoms with Crippen molar-refractivity contribution in [3.05, 3.63) is 44.6 Å². The summed E-state index contributed by atoms with van der Waals surface area (Å²) in [6.45, 7) is 1.83.